The molecule has 2 aliphatic heterocycles. The van der Waals surface area contributed by atoms with Crippen molar-refractivity contribution >= 4 is 17.9 Å². The van der Waals surface area contributed by atoms with Crippen LogP contribution in [0.15, 0.2) is 28.9 Å². The van der Waals surface area contributed by atoms with E-state index in [-0.39, 0.29) is 12.7 Å². The summed E-state index contributed by atoms with van der Waals surface area (Å²) in [7, 11) is 1.74. The number of rotatable bonds is 3. The lowest BCUT2D eigenvalue weighted by atomic mass is 10.1. The number of ether oxygens (including phenoxy) is 2. The number of carbonyl (C=O) groups is 1. The van der Waals surface area contributed by atoms with Gasteiger partial charge in [-0.15, -0.1) is 0 Å². The highest BCUT2D eigenvalue weighted by Crippen LogP contribution is 2.33. The fourth-order valence-electron chi connectivity index (χ4n) is 2.46. The molecular weight excluding hydrogens is 282 g/mol. The number of benzene rings is 1. The van der Waals surface area contributed by atoms with E-state index in [0.29, 0.717) is 23.3 Å². The van der Waals surface area contributed by atoms with Crippen LogP contribution in [0.5, 0.6) is 11.5 Å². The smallest absolute Gasteiger partial charge is 0.276 e. The van der Waals surface area contributed by atoms with Crippen molar-refractivity contribution in [3.05, 3.63) is 29.5 Å². The van der Waals surface area contributed by atoms with Crippen LogP contribution >= 0.6 is 0 Å². The maximum absolute atomic E-state index is 12.3. The van der Waals surface area contributed by atoms with E-state index in [1.54, 1.807) is 18.0 Å². The molecule has 6 nitrogen and oxygen atoms in total. The monoisotopic (exact) mass is 299 g/mol. The van der Waals surface area contributed by atoms with Gasteiger partial charge in [-0.05, 0) is 42.5 Å². The van der Waals surface area contributed by atoms with E-state index in [0.717, 1.165) is 17.9 Å². The number of likely N-dealkylation sites (N-methyl/N-ethyl adjacent to an activating group) is 1. The zero-order valence-corrected chi connectivity index (χ0v) is 12.3. The molecule has 2 heterocycles. The second kappa shape index (κ2) is 5.05. The number of hydrogen-bond donors (Lipinski definition) is 1. The Labute approximate surface area is 128 Å². The van der Waals surface area contributed by atoms with Crippen LogP contribution < -0.4 is 14.8 Å². The SMILES string of the molecule is CN1C(=O)/C(=C/c2ccc3c(c2)OCO3)NC1=NCC1CC1. The molecule has 4 rings (SSSR count). The van der Waals surface area contributed by atoms with Gasteiger partial charge in [0, 0.05) is 13.6 Å². The van der Waals surface area contributed by atoms with E-state index in [1.165, 1.54) is 12.8 Å². The number of aliphatic imine (C=N–C) groups is 1. The van der Waals surface area contributed by atoms with E-state index in [2.05, 4.69) is 10.3 Å². The molecule has 1 N–H and O–H groups in total. The summed E-state index contributed by atoms with van der Waals surface area (Å²) in [4.78, 5) is 18.3. The molecule has 0 spiro atoms. The minimum atomic E-state index is -0.0767. The molecule has 1 amide bonds. The van der Waals surface area contributed by atoms with E-state index in [1.807, 2.05) is 18.2 Å². The quantitative estimate of drug-likeness (QED) is 0.861. The molecule has 0 aromatic heterocycles. The van der Waals surface area contributed by atoms with Crippen LogP contribution in [-0.2, 0) is 4.79 Å². The largest absolute Gasteiger partial charge is 0.454 e. The zero-order valence-electron chi connectivity index (χ0n) is 12.3. The molecule has 0 radical (unpaired) electrons. The van der Waals surface area contributed by atoms with E-state index >= 15 is 0 Å². The topological polar surface area (TPSA) is 63.2 Å². The van der Waals surface area contributed by atoms with E-state index in [9.17, 15) is 4.79 Å². The van der Waals surface area contributed by atoms with Crippen molar-refractivity contribution in [1.82, 2.24) is 10.2 Å². The van der Waals surface area contributed by atoms with Crippen molar-refractivity contribution in [2.45, 2.75) is 12.8 Å². The Bertz CT molecular complexity index is 692. The second-order valence-corrected chi connectivity index (χ2v) is 5.77. The maximum atomic E-state index is 12.3. The lowest BCUT2D eigenvalue weighted by molar-refractivity contribution is -0.121. The van der Waals surface area contributed by atoms with Crippen LogP contribution in [0.25, 0.3) is 6.08 Å². The molecule has 0 bridgehead atoms. The number of nitrogens with one attached hydrogen (secondary N) is 1. The van der Waals surface area contributed by atoms with Gasteiger partial charge < -0.3 is 14.8 Å². The molecule has 1 saturated carbocycles. The van der Waals surface area contributed by atoms with Gasteiger partial charge in [0.15, 0.2) is 11.5 Å². The number of amides is 1. The Morgan fingerprint density at radius 2 is 2.18 bits per heavy atom. The molecule has 2 fully saturated rings. The number of carbonyl (C=O) groups excluding carboxylic acids is 1. The van der Waals surface area contributed by atoms with Gasteiger partial charge in [0.2, 0.25) is 12.8 Å². The van der Waals surface area contributed by atoms with Crippen molar-refractivity contribution < 1.29 is 14.3 Å². The van der Waals surface area contributed by atoms with Crippen molar-refractivity contribution in [3.63, 3.8) is 0 Å². The molecule has 1 aliphatic carbocycles. The third kappa shape index (κ3) is 2.41. The molecule has 1 saturated heterocycles. The minimum Gasteiger partial charge on any atom is -0.454 e. The average molecular weight is 299 g/mol. The highest BCUT2D eigenvalue weighted by molar-refractivity contribution is 6.15. The Balaban J connectivity index is 1.56. The maximum Gasteiger partial charge on any atom is 0.276 e. The molecule has 3 aliphatic rings. The second-order valence-electron chi connectivity index (χ2n) is 5.77. The first kappa shape index (κ1) is 13.2. The van der Waals surface area contributed by atoms with Crippen LogP contribution in [0.1, 0.15) is 18.4 Å². The number of guanidine groups is 1. The number of fused-ring (bicyclic) bond motifs is 1. The Morgan fingerprint density at radius 1 is 1.36 bits per heavy atom. The van der Waals surface area contributed by atoms with Crippen molar-refractivity contribution in [2.24, 2.45) is 10.9 Å². The molecule has 0 atom stereocenters. The standard InChI is InChI=1S/C16H17N3O3/c1-19-15(20)12(18-16(19)17-8-10-2-3-10)6-11-4-5-13-14(7-11)22-9-21-13/h4-7,10H,2-3,8-9H2,1H3,(H,17,18)/b12-6-. The summed E-state index contributed by atoms with van der Waals surface area (Å²) in [5.74, 6) is 2.68. The lowest BCUT2D eigenvalue weighted by Gasteiger charge is -2.06. The summed E-state index contributed by atoms with van der Waals surface area (Å²) >= 11 is 0. The highest BCUT2D eigenvalue weighted by atomic mass is 16.7. The van der Waals surface area contributed by atoms with E-state index < -0.39 is 0 Å². The third-order valence-corrected chi connectivity index (χ3v) is 4.00. The number of nitrogens with zero attached hydrogens (tertiary/aromatic N) is 2. The molecule has 114 valence electrons. The Kier molecular flexibility index (Phi) is 3.03. The normalized spacial score (nSPS) is 23.5. The molecule has 1 aromatic rings. The van der Waals surface area contributed by atoms with Crippen LogP contribution in [0.3, 0.4) is 0 Å². The van der Waals surface area contributed by atoms with Crippen molar-refractivity contribution in [1.29, 1.82) is 0 Å². The van der Waals surface area contributed by atoms with Gasteiger partial charge in [0.1, 0.15) is 5.70 Å². The molecular formula is C16H17N3O3. The average Bonchev–Trinajstić information content (AvgIpc) is 3.17. The summed E-state index contributed by atoms with van der Waals surface area (Å²) in [6, 6.07) is 5.61. The first-order chi connectivity index (χ1) is 10.7. The van der Waals surface area contributed by atoms with Gasteiger partial charge in [-0.25, -0.2) is 0 Å². The molecule has 22 heavy (non-hydrogen) atoms. The van der Waals surface area contributed by atoms with Gasteiger partial charge in [0.05, 0.1) is 0 Å². The summed E-state index contributed by atoms with van der Waals surface area (Å²) in [6.07, 6.45) is 4.29. The highest BCUT2D eigenvalue weighted by Gasteiger charge is 2.29. The predicted molar refractivity (Wildman–Crippen MR) is 81.5 cm³/mol. The minimum absolute atomic E-state index is 0.0767. The molecule has 0 unspecified atom stereocenters. The lowest BCUT2D eigenvalue weighted by Crippen LogP contribution is -2.28. The fraction of sp³-hybridized carbons (Fsp3) is 0.375. The Hall–Kier alpha value is -2.50. The summed E-state index contributed by atoms with van der Waals surface area (Å²) in [5, 5.41) is 3.11. The summed E-state index contributed by atoms with van der Waals surface area (Å²) < 4.78 is 10.6. The van der Waals surface area contributed by atoms with Gasteiger partial charge >= 0.3 is 0 Å². The molecule has 1 aromatic carbocycles. The van der Waals surface area contributed by atoms with Gasteiger partial charge in [-0.1, -0.05) is 6.07 Å². The summed E-state index contributed by atoms with van der Waals surface area (Å²) in [5.41, 5.74) is 1.41. The predicted octanol–water partition coefficient (Wildman–Crippen LogP) is 1.58. The van der Waals surface area contributed by atoms with Crippen LogP contribution in [0.4, 0.5) is 0 Å². The zero-order chi connectivity index (χ0) is 15.1. The van der Waals surface area contributed by atoms with Gasteiger partial charge in [-0.2, -0.15) is 0 Å². The van der Waals surface area contributed by atoms with E-state index in [4.69, 9.17) is 9.47 Å². The third-order valence-electron chi connectivity index (χ3n) is 4.00. The van der Waals surface area contributed by atoms with Crippen LogP contribution in [0, 0.1) is 5.92 Å². The van der Waals surface area contributed by atoms with Crippen LogP contribution in [-0.4, -0.2) is 37.2 Å². The number of hydrogen-bond acceptors (Lipinski definition) is 4. The van der Waals surface area contributed by atoms with Gasteiger partial charge in [-0.3, -0.25) is 14.7 Å². The summed E-state index contributed by atoms with van der Waals surface area (Å²) in [6.45, 7) is 1.03. The van der Waals surface area contributed by atoms with Crippen molar-refractivity contribution in [2.75, 3.05) is 20.4 Å². The first-order valence-corrected chi connectivity index (χ1v) is 7.41. The fourth-order valence-corrected chi connectivity index (χ4v) is 2.46. The Morgan fingerprint density at radius 3 is 3.00 bits per heavy atom. The van der Waals surface area contributed by atoms with Crippen LogP contribution in [0.2, 0.25) is 0 Å². The first-order valence-electron chi connectivity index (χ1n) is 7.41. The van der Waals surface area contributed by atoms with Gasteiger partial charge in [0.25, 0.3) is 5.91 Å². The molecule has 6 heteroatoms. The van der Waals surface area contributed by atoms with Crippen molar-refractivity contribution in [3.8, 4) is 11.5 Å².